The maximum atomic E-state index is 13.5. The van der Waals surface area contributed by atoms with Crippen molar-refractivity contribution in [3.05, 3.63) is 88.0 Å². The van der Waals surface area contributed by atoms with Gasteiger partial charge in [0.2, 0.25) is 0 Å². The van der Waals surface area contributed by atoms with Gasteiger partial charge in [0.05, 0.1) is 31.4 Å². The third kappa shape index (κ3) is 10.1. The molecule has 7 heteroatoms. The van der Waals surface area contributed by atoms with Crippen LogP contribution in [0.1, 0.15) is 140 Å². The van der Waals surface area contributed by atoms with Gasteiger partial charge in [-0.3, -0.25) is 4.99 Å². The first-order valence-electron chi connectivity index (χ1n) is 17.9. The number of hydrogen-bond donors (Lipinski definition) is 2. The molecule has 0 aromatic heterocycles. The molecule has 0 aliphatic heterocycles. The Hall–Kier alpha value is -3.84. The van der Waals surface area contributed by atoms with Crippen LogP contribution in [-0.4, -0.2) is 48.3 Å². The molecule has 0 saturated carbocycles. The second-order valence-electron chi connectivity index (χ2n) is 15.0. The van der Waals surface area contributed by atoms with E-state index < -0.39 is 17.6 Å². The molecule has 3 aromatic carbocycles. The summed E-state index contributed by atoms with van der Waals surface area (Å²) in [7, 11) is 0. The molecule has 0 spiro atoms. The number of aliphatic hydroxyl groups is 1. The number of benzene rings is 3. The Morgan fingerprint density at radius 2 is 1.27 bits per heavy atom. The van der Waals surface area contributed by atoms with Gasteiger partial charge in [0.1, 0.15) is 22.8 Å². The normalized spacial score (nSPS) is 13.0. The van der Waals surface area contributed by atoms with E-state index in [1.807, 2.05) is 38.1 Å². The lowest BCUT2D eigenvalue weighted by Gasteiger charge is -2.37. The van der Waals surface area contributed by atoms with E-state index in [0.717, 1.165) is 36.8 Å². The number of rotatable bonds is 16. The summed E-state index contributed by atoms with van der Waals surface area (Å²) in [5.41, 5.74) is 1.76. The van der Waals surface area contributed by atoms with Crippen LogP contribution in [0.5, 0.6) is 17.2 Å². The number of aliphatic imine (C=N–C) groups is 1. The van der Waals surface area contributed by atoms with Gasteiger partial charge in [-0.15, -0.1) is 0 Å². The van der Waals surface area contributed by atoms with Crippen LogP contribution in [0.2, 0.25) is 0 Å². The third-order valence-corrected chi connectivity index (χ3v) is 8.77. The molecular weight excluding hydrogens is 614 g/mol. The van der Waals surface area contributed by atoms with Crippen molar-refractivity contribution in [3.63, 3.8) is 0 Å². The van der Waals surface area contributed by atoms with E-state index in [1.54, 1.807) is 6.07 Å². The predicted octanol–water partition coefficient (Wildman–Crippen LogP) is 9.66. The Morgan fingerprint density at radius 1 is 0.755 bits per heavy atom. The summed E-state index contributed by atoms with van der Waals surface area (Å²) in [6.45, 7) is 22.2. The van der Waals surface area contributed by atoms with Crippen LogP contribution in [0.4, 0.5) is 0 Å². The first-order chi connectivity index (χ1) is 23.1. The Labute approximate surface area is 294 Å². The Balaban J connectivity index is 2.35. The van der Waals surface area contributed by atoms with Gasteiger partial charge < -0.3 is 24.4 Å². The molecule has 1 atom stereocenters. The summed E-state index contributed by atoms with van der Waals surface area (Å²) in [6.07, 6.45) is 5.89. The highest BCUT2D eigenvalue weighted by Crippen LogP contribution is 2.46. The predicted molar refractivity (Wildman–Crippen MR) is 200 cm³/mol. The van der Waals surface area contributed by atoms with Gasteiger partial charge in [-0.1, -0.05) is 87.3 Å². The van der Waals surface area contributed by atoms with Crippen molar-refractivity contribution in [2.75, 3.05) is 19.8 Å². The highest BCUT2D eigenvalue weighted by Gasteiger charge is 2.43. The van der Waals surface area contributed by atoms with Gasteiger partial charge in [-0.25, -0.2) is 4.79 Å². The smallest absolute Gasteiger partial charge is 0.338 e. The standard InChI is InChI=1S/C42H59NO6/c1-11-14-23-47-37-20-17-32(40(5,6)7)26-34(37)42(46,35-27-33(41(8,9)10)18-21-38(35)48-24-15-12-2)29(4)43-28-31-25-30(16-19-36(31)44)39(45)49-22-13-3/h16-21,25-29,44,46H,11-15,22-24H2,1-10H3. The van der Waals surface area contributed by atoms with Crippen LogP contribution < -0.4 is 9.47 Å². The summed E-state index contributed by atoms with van der Waals surface area (Å²) < 4.78 is 18.1. The largest absolute Gasteiger partial charge is 0.507 e. The minimum absolute atomic E-state index is 0.0387. The maximum absolute atomic E-state index is 13.5. The van der Waals surface area contributed by atoms with E-state index in [1.165, 1.54) is 18.3 Å². The van der Waals surface area contributed by atoms with Crippen molar-refractivity contribution in [1.29, 1.82) is 0 Å². The number of ether oxygens (including phenoxy) is 3. The fraction of sp³-hybridized carbons (Fsp3) is 0.524. The number of carbonyl (C=O) groups is 1. The second-order valence-corrected chi connectivity index (χ2v) is 15.0. The molecule has 0 saturated heterocycles. The topological polar surface area (TPSA) is 97.6 Å². The zero-order valence-corrected chi connectivity index (χ0v) is 31.5. The number of phenolic OH excluding ortho intramolecular Hbond substituents is 1. The van der Waals surface area contributed by atoms with Crippen molar-refractivity contribution in [1.82, 2.24) is 0 Å². The number of nitrogens with zero attached hydrogens (tertiary/aromatic N) is 1. The Kier molecular flexibility index (Phi) is 13.9. The number of phenols is 1. The quantitative estimate of drug-likeness (QED) is 0.0893. The minimum atomic E-state index is -1.73. The van der Waals surface area contributed by atoms with Gasteiger partial charge in [0.25, 0.3) is 0 Å². The number of carbonyl (C=O) groups excluding carboxylic acids is 1. The SMILES string of the molecule is CCCCOc1ccc(C(C)(C)C)cc1C(O)(c1cc(C(C)(C)C)ccc1OCCCC)C(C)N=Cc1cc(C(=O)OCCC)ccc1O. The molecule has 268 valence electrons. The molecule has 0 radical (unpaired) electrons. The molecule has 3 rings (SSSR count). The van der Waals surface area contributed by atoms with Gasteiger partial charge in [-0.05, 0) is 90.6 Å². The van der Waals surface area contributed by atoms with Crippen molar-refractivity contribution < 1.29 is 29.2 Å². The van der Waals surface area contributed by atoms with Gasteiger partial charge in [0, 0.05) is 22.9 Å². The van der Waals surface area contributed by atoms with Gasteiger partial charge in [0.15, 0.2) is 0 Å². The van der Waals surface area contributed by atoms with Crippen LogP contribution in [0.25, 0.3) is 0 Å². The number of unbranched alkanes of at least 4 members (excludes halogenated alkanes) is 2. The summed E-state index contributed by atoms with van der Waals surface area (Å²) in [5, 5.41) is 24.2. The fourth-order valence-corrected chi connectivity index (χ4v) is 5.45. The van der Waals surface area contributed by atoms with Crippen molar-refractivity contribution >= 4 is 12.2 Å². The third-order valence-electron chi connectivity index (χ3n) is 8.77. The molecule has 0 aliphatic carbocycles. The minimum Gasteiger partial charge on any atom is -0.507 e. The molecule has 1 unspecified atom stereocenters. The van der Waals surface area contributed by atoms with Crippen molar-refractivity contribution in [3.8, 4) is 17.2 Å². The van der Waals surface area contributed by atoms with Crippen LogP contribution in [0, 0.1) is 0 Å². The zero-order valence-electron chi connectivity index (χ0n) is 31.5. The molecule has 0 amide bonds. The van der Waals surface area contributed by atoms with Gasteiger partial charge in [-0.2, -0.15) is 0 Å². The van der Waals surface area contributed by atoms with E-state index in [9.17, 15) is 15.0 Å². The first-order valence-corrected chi connectivity index (χ1v) is 17.9. The number of esters is 1. The molecule has 0 bridgehead atoms. The lowest BCUT2D eigenvalue weighted by atomic mass is 9.75. The lowest BCUT2D eigenvalue weighted by molar-refractivity contribution is 0.0502. The van der Waals surface area contributed by atoms with E-state index >= 15 is 0 Å². The second kappa shape index (κ2) is 17.2. The van der Waals surface area contributed by atoms with Crippen LogP contribution in [-0.2, 0) is 21.2 Å². The molecule has 2 N–H and O–H groups in total. The summed E-state index contributed by atoms with van der Waals surface area (Å²) in [5.74, 6) is 0.648. The average Bonchev–Trinajstić information content (AvgIpc) is 3.05. The van der Waals surface area contributed by atoms with E-state index in [0.29, 0.717) is 60.0 Å². The summed E-state index contributed by atoms with van der Waals surface area (Å²) in [6, 6.07) is 15.8. The molecule has 0 aliphatic rings. The van der Waals surface area contributed by atoms with Crippen LogP contribution >= 0.6 is 0 Å². The van der Waals surface area contributed by atoms with Crippen molar-refractivity contribution in [2.24, 2.45) is 4.99 Å². The Morgan fingerprint density at radius 3 is 1.71 bits per heavy atom. The maximum Gasteiger partial charge on any atom is 0.338 e. The highest BCUT2D eigenvalue weighted by atomic mass is 16.5. The molecule has 49 heavy (non-hydrogen) atoms. The highest BCUT2D eigenvalue weighted by molar-refractivity contribution is 5.93. The summed E-state index contributed by atoms with van der Waals surface area (Å²) >= 11 is 0. The van der Waals surface area contributed by atoms with E-state index in [2.05, 4.69) is 67.5 Å². The van der Waals surface area contributed by atoms with Crippen LogP contribution in [0.15, 0.2) is 59.6 Å². The van der Waals surface area contributed by atoms with Crippen LogP contribution in [0.3, 0.4) is 0 Å². The van der Waals surface area contributed by atoms with Gasteiger partial charge >= 0.3 is 5.97 Å². The molecule has 7 nitrogen and oxygen atoms in total. The molecule has 0 heterocycles. The molecule has 3 aromatic rings. The summed E-state index contributed by atoms with van der Waals surface area (Å²) in [4.78, 5) is 17.5. The van der Waals surface area contributed by atoms with E-state index in [4.69, 9.17) is 19.2 Å². The Bertz CT molecular complexity index is 1490. The first kappa shape index (κ1) is 39.6. The van der Waals surface area contributed by atoms with Crippen molar-refractivity contribution in [2.45, 2.75) is 124 Å². The molecular formula is C42H59NO6. The monoisotopic (exact) mass is 673 g/mol. The average molecular weight is 674 g/mol. The molecule has 0 fully saturated rings. The van der Waals surface area contributed by atoms with E-state index in [-0.39, 0.29) is 16.6 Å². The number of hydrogen-bond acceptors (Lipinski definition) is 7. The number of aromatic hydroxyl groups is 1. The fourth-order valence-electron chi connectivity index (χ4n) is 5.45. The zero-order chi connectivity index (χ0) is 36.4. The lowest BCUT2D eigenvalue weighted by Crippen LogP contribution is -2.39.